The first-order valence-corrected chi connectivity index (χ1v) is 4.81. The summed E-state index contributed by atoms with van der Waals surface area (Å²) in [5, 5.41) is 6.27. The van der Waals surface area contributed by atoms with Crippen LogP contribution < -0.4 is 11.1 Å². The van der Waals surface area contributed by atoms with E-state index in [1.807, 2.05) is 0 Å². The Morgan fingerprint density at radius 3 is 3.00 bits per heavy atom. The van der Waals surface area contributed by atoms with E-state index >= 15 is 0 Å². The molecule has 6 heteroatoms. The molecule has 1 amide bonds. The fourth-order valence-corrected chi connectivity index (χ4v) is 1.40. The van der Waals surface area contributed by atoms with Crippen molar-refractivity contribution in [2.45, 2.75) is 0 Å². The molecule has 2 rings (SSSR count). The molecule has 1 heterocycles. The second-order valence-corrected chi connectivity index (χ2v) is 3.45. The molecule has 0 bridgehead atoms. The summed E-state index contributed by atoms with van der Waals surface area (Å²) < 4.78 is 4.58. The van der Waals surface area contributed by atoms with Gasteiger partial charge in [0.2, 0.25) is 0 Å². The van der Waals surface area contributed by atoms with Crippen molar-refractivity contribution in [3.63, 3.8) is 0 Å². The van der Waals surface area contributed by atoms with Crippen molar-refractivity contribution >= 4 is 28.9 Å². The standard InChI is InChI=1S/C10H8ClN3O2/c11-9-7(2-1-3-8(9)12)10(15)14-6-4-13-16-5-6/h1-5H,12H2,(H,14,15). The maximum absolute atomic E-state index is 11.8. The average molecular weight is 238 g/mol. The van der Waals surface area contributed by atoms with Crippen molar-refractivity contribution in [1.29, 1.82) is 0 Å². The molecule has 82 valence electrons. The molecule has 0 radical (unpaired) electrons. The normalized spacial score (nSPS) is 10.1. The minimum Gasteiger partial charge on any atom is -0.398 e. The summed E-state index contributed by atoms with van der Waals surface area (Å²) >= 11 is 5.90. The van der Waals surface area contributed by atoms with Gasteiger partial charge in [0.1, 0.15) is 12.0 Å². The Morgan fingerprint density at radius 1 is 1.50 bits per heavy atom. The van der Waals surface area contributed by atoms with Crippen molar-refractivity contribution in [1.82, 2.24) is 5.16 Å². The van der Waals surface area contributed by atoms with Gasteiger partial charge in [0.25, 0.3) is 5.91 Å². The number of amides is 1. The molecule has 0 atom stereocenters. The molecular formula is C10H8ClN3O2. The summed E-state index contributed by atoms with van der Waals surface area (Å²) in [5.74, 6) is -0.361. The number of aromatic nitrogens is 1. The second-order valence-electron chi connectivity index (χ2n) is 3.08. The van der Waals surface area contributed by atoms with Crippen molar-refractivity contribution in [3.05, 3.63) is 41.2 Å². The lowest BCUT2D eigenvalue weighted by Crippen LogP contribution is -2.12. The summed E-state index contributed by atoms with van der Waals surface area (Å²) in [7, 11) is 0. The number of benzene rings is 1. The Bertz CT molecular complexity index is 511. The van der Waals surface area contributed by atoms with Gasteiger partial charge < -0.3 is 15.6 Å². The molecule has 2 aromatic rings. The van der Waals surface area contributed by atoms with Gasteiger partial charge in [-0.15, -0.1) is 0 Å². The molecule has 1 aromatic carbocycles. The number of nitrogen functional groups attached to an aromatic ring is 1. The number of nitrogens with zero attached hydrogens (tertiary/aromatic N) is 1. The van der Waals surface area contributed by atoms with Crippen LogP contribution in [0.5, 0.6) is 0 Å². The third-order valence-corrected chi connectivity index (χ3v) is 2.39. The zero-order valence-corrected chi connectivity index (χ0v) is 8.86. The van der Waals surface area contributed by atoms with Crippen molar-refractivity contribution < 1.29 is 9.32 Å². The number of carbonyl (C=O) groups is 1. The molecule has 1 aromatic heterocycles. The van der Waals surface area contributed by atoms with E-state index < -0.39 is 0 Å². The van der Waals surface area contributed by atoms with Crippen LogP contribution in [0.1, 0.15) is 10.4 Å². The van der Waals surface area contributed by atoms with Gasteiger partial charge in [0, 0.05) is 0 Å². The van der Waals surface area contributed by atoms with Gasteiger partial charge in [-0.3, -0.25) is 4.79 Å². The highest BCUT2D eigenvalue weighted by Crippen LogP contribution is 2.23. The molecule has 5 nitrogen and oxygen atoms in total. The second kappa shape index (κ2) is 4.24. The smallest absolute Gasteiger partial charge is 0.257 e. The number of halogens is 1. The minimum absolute atomic E-state index is 0.233. The Morgan fingerprint density at radius 2 is 2.31 bits per heavy atom. The Kier molecular flexibility index (Phi) is 2.78. The van der Waals surface area contributed by atoms with E-state index in [1.54, 1.807) is 18.2 Å². The van der Waals surface area contributed by atoms with Crippen LogP contribution in [0.2, 0.25) is 5.02 Å². The minimum atomic E-state index is -0.361. The largest absolute Gasteiger partial charge is 0.398 e. The van der Waals surface area contributed by atoms with Crippen LogP contribution in [-0.2, 0) is 0 Å². The van der Waals surface area contributed by atoms with E-state index in [0.29, 0.717) is 16.9 Å². The van der Waals surface area contributed by atoms with E-state index in [9.17, 15) is 4.79 Å². The van der Waals surface area contributed by atoms with Crippen molar-refractivity contribution in [3.8, 4) is 0 Å². The van der Waals surface area contributed by atoms with Crippen LogP contribution in [0.25, 0.3) is 0 Å². The Balaban J connectivity index is 2.24. The van der Waals surface area contributed by atoms with Gasteiger partial charge in [-0.2, -0.15) is 0 Å². The topological polar surface area (TPSA) is 81.2 Å². The van der Waals surface area contributed by atoms with E-state index in [-0.39, 0.29) is 10.9 Å². The summed E-state index contributed by atoms with van der Waals surface area (Å²) in [6, 6.07) is 4.86. The molecule has 0 aliphatic heterocycles. The number of nitrogens with one attached hydrogen (secondary N) is 1. The van der Waals surface area contributed by atoms with Gasteiger partial charge in [-0.05, 0) is 12.1 Å². The summed E-state index contributed by atoms with van der Waals surface area (Å²) in [6.07, 6.45) is 2.70. The van der Waals surface area contributed by atoms with Crippen LogP contribution in [0.4, 0.5) is 11.4 Å². The first kappa shape index (κ1) is 10.5. The van der Waals surface area contributed by atoms with Crippen LogP contribution in [-0.4, -0.2) is 11.1 Å². The van der Waals surface area contributed by atoms with Crippen LogP contribution >= 0.6 is 11.6 Å². The first-order valence-electron chi connectivity index (χ1n) is 4.43. The average Bonchev–Trinajstić information content (AvgIpc) is 2.74. The third-order valence-electron chi connectivity index (χ3n) is 1.96. The molecule has 0 spiro atoms. The third kappa shape index (κ3) is 1.99. The molecule has 0 fully saturated rings. The Hall–Kier alpha value is -2.01. The fourth-order valence-electron chi connectivity index (χ4n) is 1.19. The predicted molar refractivity (Wildman–Crippen MR) is 60.3 cm³/mol. The number of hydrogen-bond donors (Lipinski definition) is 2. The lowest BCUT2D eigenvalue weighted by molar-refractivity contribution is 0.102. The highest BCUT2D eigenvalue weighted by molar-refractivity contribution is 6.36. The zero-order chi connectivity index (χ0) is 11.5. The number of anilines is 2. The van der Waals surface area contributed by atoms with Crippen LogP contribution in [0.3, 0.4) is 0 Å². The van der Waals surface area contributed by atoms with Gasteiger partial charge in [-0.25, -0.2) is 0 Å². The molecule has 16 heavy (non-hydrogen) atoms. The van der Waals surface area contributed by atoms with Crippen LogP contribution in [0.15, 0.2) is 35.2 Å². The van der Waals surface area contributed by atoms with Gasteiger partial charge in [0.15, 0.2) is 0 Å². The molecular weight excluding hydrogens is 230 g/mol. The number of rotatable bonds is 2. The molecule has 0 unspecified atom stereocenters. The predicted octanol–water partition coefficient (Wildman–Crippen LogP) is 2.16. The van der Waals surface area contributed by atoms with Crippen molar-refractivity contribution in [2.75, 3.05) is 11.1 Å². The van der Waals surface area contributed by atoms with Gasteiger partial charge in [0.05, 0.1) is 22.5 Å². The molecule has 0 saturated heterocycles. The number of hydrogen-bond acceptors (Lipinski definition) is 4. The number of nitrogens with two attached hydrogens (primary N) is 1. The molecule has 3 N–H and O–H groups in total. The highest BCUT2D eigenvalue weighted by Gasteiger charge is 2.12. The molecule has 0 saturated carbocycles. The fraction of sp³-hybridized carbons (Fsp3) is 0. The number of carbonyl (C=O) groups excluding carboxylic acids is 1. The summed E-state index contributed by atoms with van der Waals surface area (Å²) in [4.78, 5) is 11.8. The van der Waals surface area contributed by atoms with E-state index in [0.717, 1.165) is 0 Å². The summed E-state index contributed by atoms with van der Waals surface area (Å²) in [6.45, 7) is 0. The van der Waals surface area contributed by atoms with Gasteiger partial charge in [-0.1, -0.05) is 22.8 Å². The van der Waals surface area contributed by atoms with Crippen LogP contribution in [0, 0.1) is 0 Å². The van der Waals surface area contributed by atoms with E-state index in [2.05, 4.69) is 15.0 Å². The molecule has 0 aliphatic carbocycles. The lowest BCUT2D eigenvalue weighted by atomic mass is 10.2. The maximum Gasteiger partial charge on any atom is 0.257 e. The van der Waals surface area contributed by atoms with E-state index in [4.69, 9.17) is 17.3 Å². The Labute approximate surface area is 96.2 Å². The quantitative estimate of drug-likeness (QED) is 0.785. The van der Waals surface area contributed by atoms with Gasteiger partial charge >= 0.3 is 0 Å². The van der Waals surface area contributed by atoms with Crippen molar-refractivity contribution in [2.24, 2.45) is 0 Å². The maximum atomic E-state index is 11.8. The highest BCUT2D eigenvalue weighted by atomic mass is 35.5. The van der Waals surface area contributed by atoms with E-state index in [1.165, 1.54) is 12.5 Å². The zero-order valence-electron chi connectivity index (χ0n) is 8.11. The molecule has 0 aliphatic rings. The first-order chi connectivity index (χ1) is 7.68. The SMILES string of the molecule is Nc1cccc(C(=O)Nc2cnoc2)c1Cl. The summed E-state index contributed by atoms with van der Waals surface area (Å²) in [5.41, 5.74) is 6.72. The lowest BCUT2D eigenvalue weighted by Gasteiger charge is -2.05. The monoisotopic (exact) mass is 237 g/mol.